The van der Waals surface area contributed by atoms with E-state index in [0.717, 1.165) is 54.4 Å². The Labute approximate surface area is 190 Å². The van der Waals surface area contributed by atoms with Crippen molar-refractivity contribution in [2.45, 2.75) is 127 Å². The van der Waals surface area contributed by atoms with E-state index >= 15 is 0 Å². The molecule has 1 atom stereocenters. The minimum Gasteiger partial charge on any atom is -0.396 e. The third-order valence-electron chi connectivity index (χ3n) is 10.1. The maximum atomic E-state index is 13.2. The third kappa shape index (κ3) is 4.10. The Hall–Kier alpha value is 0.491. The maximum Gasteiger partial charge on any atom is 0.0875 e. The second-order valence-electron chi connectivity index (χ2n) is 9.69. The fraction of sp³-hybridized carbons (Fsp3) is 1.00. The van der Waals surface area contributed by atoms with Crippen molar-refractivity contribution in [1.29, 1.82) is 0 Å². The van der Waals surface area contributed by atoms with Crippen LogP contribution >= 0.6 is 0 Å². The first-order chi connectivity index (χ1) is 14.1. The molecule has 0 saturated carbocycles. The molecule has 0 aliphatic carbocycles. The molecule has 0 aromatic heterocycles. The molecule has 0 bridgehead atoms. The molecule has 0 aliphatic heterocycles. The standard InChI is InChI=1S/C23H54O4Si3/c1-10-28(11-2,12-3)21(26)22(19-24,20-25)23(27,29(13-4,14-5)15-6)30(16-7,17-8)18-9/h21,24-27H,10-20H2,1-9H3. The molecule has 0 aliphatic rings. The van der Waals surface area contributed by atoms with Gasteiger partial charge in [0.2, 0.25) is 0 Å². The number of aliphatic hydroxyl groups excluding tert-OH is 3. The fourth-order valence-corrected chi connectivity index (χ4v) is 28.2. The molecule has 0 saturated heterocycles. The van der Waals surface area contributed by atoms with Gasteiger partial charge in [0.15, 0.2) is 0 Å². The van der Waals surface area contributed by atoms with E-state index in [1.165, 1.54) is 0 Å². The molecule has 30 heavy (non-hydrogen) atoms. The van der Waals surface area contributed by atoms with Crippen LogP contribution in [0.15, 0.2) is 0 Å². The van der Waals surface area contributed by atoms with Crippen LogP contribution in [0.5, 0.6) is 0 Å². The zero-order valence-corrected chi connectivity index (χ0v) is 24.6. The van der Waals surface area contributed by atoms with Gasteiger partial charge in [0.05, 0.1) is 53.4 Å². The molecule has 4 N–H and O–H groups in total. The van der Waals surface area contributed by atoms with Crippen LogP contribution in [0.1, 0.15) is 62.3 Å². The Morgan fingerprint density at radius 1 is 0.567 bits per heavy atom. The van der Waals surface area contributed by atoms with Crippen molar-refractivity contribution in [1.82, 2.24) is 0 Å². The molecular formula is C23H54O4Si3. The lowest BCUT2D eigenvalue weighted by Gasteiger charge is -2.66. The lowest BCUT2D eigenvalue weighted by atomic mass is 9.90. The monoisotopic (exact) mass is 478 g/mol. The molecule has 0 fully saturated rings. The van der Waals surface area contributed by atoms with Gasteiger partial charge in [-0.2, -0.15) is 0 Å². The van der Waals surface area contributed by atoms with Crippen LogP contribution < -0.4 is 0 Å². The summed E-state index contributed by atoms with van der Waals surface area (Å²) in [5.41, 5.74) is -2.04. The molecular weight excluding hydrogens is 425 g/mol. The normalized spacial score (nSPS) is 15.5. The quantitative estimate of drug-likeness (QED) is 0.230. The number of hydrogen-bond acceptors (Lipinski definition) is 4. The largest absolute Gasteiger partial charge is 0.396 e. The Kier molecular flexibility index (Phi) is 12.3. The van der Waals surface area contributed by atoms with Crippen LogP contribution in [-0.4, -0.2) is 68.4 Å². The van der Waals surface area contributed by atoms with Crippen molar-refractivity contribution in [2.75, 3.05) is 13.2 Å². The lowest BCUT2D eigenvalue weighted by Crippen LogP contribution is -2.84. The average molecular weight is 479 g/mol. The van der Waals surface area contributed by atoms with Crippen molar-refractivity contribution in [2.24, 2.45) is 5.41 Å². The van der Waals surface area contributed by atoms with Crippen LogP contribution in [0.4, 0.5) is 0 Å². The van der Waals surface area contributed by atoms with Crippen molar-refractivity contribution in [3.05, 3.63) is 0 Å². The summed E-state index contributed by atoms with van der Waals surface area (Å²) in [6.07, 6.45) is 0. The molecule has 0 amide bonds. The van der Waals surface area contributed by atoms with Gasteiger partial charge in [0.25, 0.3) is 0 Å². The van der Waals surface area contributed by atoms with E-state index in [-0.39, 0.29) is 13.2 Å². The summed E-state index contributed by atoms with van der Waals surface area (Å²) in [5.74, 6) is 0. The maximum absolute atomic E-state index is 13.2. The van der Waals surface area contributed by atoms with E-state index < -0.39 is 40.2 Å². The van der Waals surface area contributed by atoms with E-state index in [1.807, 2.05) is 0 Å². The smallest absolute Gasteiger partial charge is 0.0875 e. The van der Waals surface area contributed by atoms with Crippen LogP contribution in [0.2, 0.25) is 54.4 Å². The molecule has 1 unspecified atom stereocenters. The van der Waals surface area contributed by atoms with Crippen molar-refractivity contribution in [3.8, 4) is 0 Å². The second kappa shape index (κ2) is 12.1. The van der Waals surface area contributed by atoms with Gasteiger partial charge in [0, 0.05) is 0 Å². The Bertz CT molecular complexity index is 440. The van der Waals surface area contributed by atoms with Crippen molar-refractivity contribution >= 4 is 24.2 Å². The van der Waals surface area contributed by atoms with Crippen LogP contribution in [0.25, 0.3) is 0 Å². The van der Waals surface area contributed by atoms with Crippen LogP contribution in [-0.2, 0) is 0 Å². The predicted octanol–water partition coefficient (Wildman–Crippen LogP) is 5.19. The second-order valence-corrected chi connectivity index (χ2v) is 26.4. The van der Waals surface area contributed by atoms with Crippen molar-refractivity contribution in [3.63, 3.8) is 0 Å². The van der Waals surface area contributed by atoms with E-state index in [9.17, 15) is 20.4 Å². The highest BCUT2D eigenvalue weighted by Gasteiger charge is 2.72. The Balaban J connectivity index is 7.57. The van der Waals surface area contributed by atoms with Gasteiger partial charge in [-0.3, -0.25) is 0 Å². The minimum atomic E-state index is -2.37. The molecule has 0 heterocycles. The molecule has 0 rings (SSSR count). The number of hydrogen-bond donors (Lipinski definition) is 4. The summed E-state index contributed by atoms with van der Waals surface area (Å²) in [6.45, 7) is 18.9. The predicted molar refractivity (Wildman–Crippen MR) is 139 cm³/mol. The Morgan fingerprint density at radius 3 is 1.00 bits per heavy atom. The highest BCUT2D eigenvalue weighted by Crippen LogP contribution is 2.56. The molecule has 0 radical (unpaired) electrons. The van der Waals surface area contributed by atoms with Gasteiger partial charge in [-0.05, 0) is 0 Å². The average Bonchev–Trinajstić information content (AvgIpc) is 2.79. The molecule has 182 valence electrons. The van der Waals surface area contributed by atoms with Gasteiger partial charge in [-0.1, -0.05) is 117 Å². The first-order valence-corrected chi connectivity index (χ1v) is 20.6. The summed E-state index contributed by atoms with van der Waals surface area (Å²) < 4.78 is 0. The first kappa shape index (κ1) is 30.5. The number of rotatable bonds is 16. The lowest BCUT2D eigenvalue weighted by molar-refractivity contribution is -0.101. The summed E-state index contributed by atoms with van der Waals surface area (Å²) in [4.78, 5) is -1.12. The fourth-order valence-electron chi connectivity index (χ4n) is 7.22. The van der Waals surface area contributed by atoms with Gasteiger partial charge in [-0.15, -0.1) is 0 Å². The SMILES string of the molecule is CC[Si](CC)(CC)C(O)C(CO)(CO)C(O)([Si](CC)(CC)CC)[Si](CC)(CC)CC. The topological polar surface area (TPSA) is 80.9 Å². The summed E-state index contributed by atoms with van der Waals surface area (Å²) in [5, 5.41) is 47.4. The summed E-state index contributed by atoms with van der Waals surface area (Å²) in [6, 6.07) is 8.19. The minimum absolute atomic E-state index is 0.334. The van der Waals surface area contributed by atoms with Gasteiger partial charge in [-0.25, -0.2) is 0 Å². The number of aliphatic hydroxyl groups is 4. The van der Waals surface area contributed by atoms with Crippen LogP contribution in [0.3, 0.4) is 0 Å². The zero-order valence-electron chi connectivity index (χ0n) is 21.6. The van der Waals surface area contributed by atoms with Crippen molar-refractivity contribution < 1.29 is 20.4 Å². The summed E-state index contributed by atoms with van der Waals surface area (Å²) >= 11 is 0. The zero-order chi connectivity index (χ0) is 23.9. The van der Waals surface area contributed by atoms with Gasteiger partial charge in [0.1, 0.15) is 0 Å². The Morgan fingerprint density at radius 2 is 0.833 bits per heavy atom. The highest BCUT2D eigenvalue weighted by atomic mass is 28.4. The van der Waals surface area contributed by atoms with E-state index in [0.29, 0.717) is 0 Å². The molecule has 4 nitrogen and oxygen atoms in total. The molecule has 0 aromatic rings. The molecule has 0 aromatic carbocycles. The van der Waals surface area contributed by atoms with E-state index in [1.54, 1.807) is 0 Å². The summed E-state index contributed by atoms with van der Waals surface area (Å²) in [7, 11) is -6.96. The third-order valence-corrected chi connectivity index (χ3v) is 31.4. The van der Waals surface area contributed by atoms with Crippen LogP contribution in [0, 0.1) is 5.41 Å². The highest BCUT2D eigenvalue weighted by molar-refractivity contribution is 7.01. The molecule has 7 heteroatoms. The van der Waals surface area contributed by atoms with Gasteiger partial charge < -0.3 is 20.4 Å². The first-order valence-electron chi connectivity index (χ1n) is 12.7. The van der Waals surface area contributed by atoms with E-state index in [2.05, 4.69) is 62.3 Å². The molecule has 0 spiro atoms. The van der Waals surface area contributed by atoms with Gasteiger partial charge >= 0.3 is 0 Å². The van der Waals surface area contributed by atoms with E-state index in [4.69, 9.17) is 0 Å².